The van der Waals surface area contributed by atoms with Crippen LogP contribution in [0.25, 0.3) is 0 Å². The molecule has 0 aliphatic carbocycles. The Kier molecular flexibility index (Phi) is 6.62. The van der Waals surface area contributed by atoms with Crippen molar-refractivity contribution in [2.75, 3.05) is 19.6 Å². The number of H-pyrrole nitrogens is 1. The van der Waals surface area contributed by atoms with Crippen LogP contribution in [0, 0.1) is 0 Å². The van der Waals surface area contributed by atoms with Gasteiger partial charge < -0.3 is 15.0 Å². The predicted octanol–water partition coefficient (Wildman–Crippen LogP) is 2.65. The van der Waals surface area contributed by atoms with E-state index >= 15 is 0 Å². The Labute approximate surface area is 175 Å². The van der Waals surface area contributed by atoms with E-state index in [-0.39, 0.29) is 17.5 Å². The average molecular weight is 438 g/mol. The van der Waals surface area contributed by atoms with Gasteiger partial charge in [0.05, 0.1) is 0 Å². The molecule has 1 fully saturated rings. The van der Waals surface area contributed by atoms with Gasteiger partial charge in [-0.3, -0.25) is 19.5 Å². The number of rotatable bonds is 5. The second-order valence-corrected chi connectivity index (χ2v) is 7.19. The summed E-state index contributed by atoms with van der Waals surface area (Å²) in [5, 5.41) is 8.30. The zero-order chi connectivity index (χ0) is 22.6. The van der Waals surface area contributed by atoms with E-state index < -0.39 is 24.6 Å². The lowest BCUT2D eigenvalue weighted by atomic mass is 9.93. The minimum Gasteiger partial charge on any atom is -0.427 e. The molecule has 0 atom stereocenters. The molecule has 0 bridgehead atoms. The van der Waals surface area contributed by atoms with Crippen LogP contribution in [-0.2, 0) is 4.79 Å². The molecule has 31 heavy (non-hydrogen) atoms. The van der Waals surface area contributed by atoms with E-state index in [0.717, 1.165) is 0 Å². The fourth-order valence-corrected chi connectivity index (χ4v) is 3.34. The number of esters is 1. The maximum atomic E-state index is 12.7. The Bertz CT molecular complexity index is 948. The van der Waals surface area contributed by atoms with Crippen LogP contribution in [0.4, 0.5) is 13.2 Å². The number of carbonyl (C=O) groups excluding carboxylic acids is 3. The number of nitrogens with zero attached hydrogens (tertiary/aromatic N) is 2. The number of carbonyl (C=O) groups is 3. The molecule has 0 saturated carbocycles. The van der Waals surface area contributed by atoms with Gasteiger partial charge in [0.25, 0.3) is 11.8 Å². The number of alkyl halides is 3. The van der Waals surface area contributed by atoms with Gasteiger partial charge in [0, 0.05) is 37.2 Å². The summed E-state index contributed by atoms with van der Waals surface area (Å²) >= 11 is 0. The Balaban J connectivity index is 1.53. The fourth-order valence-electron chi connectivity index (χ4n) is 3.34. The number of ether oxygens (including phenoxy) is 1. The molecular weight excluding hydrogens is 417 g/mol. The maximum Gasteiger partial charge on any atom is 0.405 e. The number of aromatic amines is 1. The Morgan fingerprint density at radius 1 is 1.19 bits per heavy atom. The largest absolute Gasteiger partial charge is 0.427 e. The highest BCUT2D eigenvalue weighted by atomic mass is 19.4. The molecule has 1 saturated heterocycles. The Hall–Kier alpha value is -3.37. The van der Waals surface area contributed by atoms with Gasteiger partial charge in [0.15, 0.2) is 0 Å². The third-order valence-corrected chi connectivity index (χ3v) is 4.86. The molecule has 2 N–H and O–H groups in total. The fraction of sp³-hybridized carbons (Fsp3) is 0.400. The Morgan fingerprint density at radius 3 is 2.42 bits per heavy atom. The van der Waals surface area contributed by atoms with Crippen molar-refractivity contribution in [3.05, 3.63) is 47.3 Å². The lowest BCUT2D eigenvalue weighted by Gasteiger charge is -2.31. The van der Waals surface area contributed by atoms with Crippen molar-refractivity contribution in [1.29, 1.82) is 0 Å². The van der Waals surface area contributed by atoms with Crippen LogP contribution in [0.2, 0.25) is 0 Å². The van der Waals surface area contributed by atoms with Gasteiger partial charge in [0.2, 0.25) is 0 Å². The molecular formula is C20H21F3N4O4. The summed E-state index contributed by atoms with van der Waals surface area (Å²) < 4.78 is 41.6. The van der Waals surface area contributed by atoms with Crippen molar-refractivity contribution in [2.45, 2.75) is 31.9 Å². The molecule has 166 valence electrons. The molecule has 2 amide bonds. The number of hydrogen-bond donors (Lipinski definition) is 2. The van der Waals surface area contributed by atoms with Crippen LogP contribution in [0.3, 0.4) is 0 Å². The van der Waals surface area contributed by atoms with Gasteiger partial charge in [-0.15, -0.1) is 0 Å². The van der Waals surface area contributed by atoms with Crippen molar-refractivity contribution in [3.8, 4) is 5.75 Å². The van der Waals surface area contributed by atoms with Crippen molar-refractivity contribution >= 4 is 17.8 Å². The molecule has 1 aliphatic rings. The first-order chi connectivity index (χ1) is 14.6. The summed E-state index contributed by atoms with van der Waals surface area (Å²) in [6.45, 7) is 0.824. The molecule has 0 spiro atoms. The molecule has 1 aliphatic heterocycles. The van der Waals surface area contributed by atoms with E-state index in [0.29, 0.717) is 42.9 Å². The number of piperidine rings is 1. The number of nitrogens with one attached hydrogen (secondary N) is 2. The van der Waals surface area contributed by atoms with Crippen LogP contribution in [-0.4, -0.2) is 58.7 Å². The molecule has 2 aromatic rings. The normalized spacial score (nSPS) is 14.9. The molecule has 1 aromatic carbocycles. The molecule has 0 radical (unpaired) electrons. The second kappa shape index (κ2) is 9.19. The van der Waals surface area contributed by atoms with E-state index in [2.05, 4.69) is 10.2 Å². The van der Waals surface area contributed by atoms with E-state index in [1.54, 1.807) is 34.5 Å². The van der Waals surface area contributed by atoms with E-state index in [4.69, 9.17) is 4.74 Å². The molecule has 2 heterocycles. The first kappa shape index (κ1) is 22.3. The number of likely N-dealkylation sites (tertiary alicyclic amines) is 1. The van der Waals surface area contributed by atoms with Crippen LogP contribution in [0.15, 0.2) is 30.3 Å². The topological polar surface area (TPSA) is 104 Å². The molecule has 8 nitrogen and oxygen atoms in total. The number of halogens is 3. The maximum absolute atomic E-state index is 12.7. The van der Waals surface area contributed by atoms with Crippen molar-refractivity contribution < 1.29 is 32.3 Å². The number of hydrogen-bond acceptors (Lipinski definition) is 5. The number of amides is 2. The SMILES string of the molecule is CC(=O)Oc1ccc(C(=O)N2CCC(c3cc(C(=O)NCC(F)(F)F)n[nH]3)CC2)cc1. The standard InChI is InChI=1S/C20H21F3N4O4/c1-12(28)31-15-4-2-14(3-5-15)19(30)27-8-6-13(7-9-27)16-10-17(26-25-16)18(29)24-11-20(21,22)23/h2-5,10,13H,6-9,11H2,1H3,(H,24,29)(H,25,26). The van der Waals surface area contributed by atoms with Gasteiger partial charge in [-0.25, -0.2) is 0 Å². The van der Waals surface area contributed by atoms with E-state index in [1.807, 2.05) is 0 Å². The van der Waals surface area contributed by atoms with Crippen LogP contribution < -0.4 is 10.1 Å². The lowest BCUT2D eigenvalue weighted by molar-refractivity contribution is -0.131. The average Bonchev–Trinajstić information content (AvgIpc) is 3.21. The summed E-state index contributed by atoms with van der Waals surface area (Å²) in [6.07, 6.45) is -3.26. The van der Waals surface area contributed by atoms with E-state index in [1.165, 1.54) is 13.0 Å². The first-order valence-electron chi connectivity index (χ1n) is 9.60. The predicted molar refractivity (Wildman–Crippen MR) is 103 cm³/mol. The quantitative estimate of drug-likeness (QED) is 0.552. The van der Waals surface area contributed by atoms with E-state index in [9.17, 15) is 27.6 Å². The van der Waals surface area contributed by atoms with Gasteiger partial charge in [-0.1, -0.05) is 0 Å². The molecule has 1 aromatic heterocycles. The smallest absolute Gasteiger partial charge is 0.405 e. The summed E-state index contributed by atoms with van der Waals surface area (Å²) in [5.41, 5.74) is 1.01. The van der Waals surface area contributed by atoms with Gasteiger partial charge in [-0.2, -0.15) is 18.3 Å². The second-order valence-electron chi connectivity index (χ2n) is 7.19. The first-order valence-corrected chi connectivity index (χ1v) is 9.60. The molecule has 3 rings (SSSR count). The molecule has 11 heteroatoms. The van der Waals surface area contributed by atoms with Crippen LogP contribution >= 0.6 is 0 Å². The van der Waals surface area contributed by atoms with Gasteiger partial charge in [0.1, 0.15) is 18.0 Å². The highest BCUT2D eigenvalue weighted by Gasteiger charge is 2.29. The highest BCUT2D eigenvalue weighted by molar-refractivity contribution is 5.94. The van der Waals surface area contributed by atoms with Crippen molar-refractivity contribution in [2.24, 2.45) is 0 Å². The zero-order valence-electron chi connectivity index (χ0n) is 16.7. The summed E-state index contributed by atoms with van der Waals surface area (Å²) in [5.74, 6) is -1.13. The number of benzene rings is 1. The monoisotopic (exact) mass is 438 g/mol. The van der Waals surface area contributed by atoms with Gasteiger partial charge in [-0.05, 0) is 43.2 Å². The summed E-state index contributed by atoms with van der Waals surface area (Å²) in [7, 11) is 0. The molecule has 0 unspecified atom stereocenters. The third kappa shape index (κ3) is 6.06. The van der Waals surface area contributed by atoms with Gasteiger partial charge >= 0.3 is 12.1 Å². The van der Waals surface area contributed by atoms with Crippen LogP contribution in [0.1, 0.15) is 52.2 Å². The zero-order valence-corrected chi connectivity index (χ0v) is 16.7. The van der Waals surface area contributed by atoms with Crippen molar-refractivity contribution in [3.63, 3.8) is 0 Å². The number of aromatic nitrogens is 2. The lowest BCUT2D eigenvalue weighted by Crippen LogP contribution is -2.38. The third-order valence-electron chi connectivity index (χ3n) is 4.86. The summed E-state index contributed by atoms with van der Waals surface area (Å²) in [6, 6.07) is 7.73. The van der Waals surface area contributed by atoms with Crippen molar-refractivity contribution in [1.82, 2.24) is 20.4 Å². The minimum absolute atomic E-state index is 0.00654. The summed E-state index contributed by atoms with van der Waals surface area (Å²) in [4.78, 5) is 37.1. The highest BCUT2D eigenvalue weighted by Crippen LogP contribution is 2.28. The van der Waals surface area contributed by atoms with Crippen LogP contribution in [0.5, 0.6) is 5.75 Å². The Morgan fingerprint density at radius 2 is 1.84 bits per heavy atom. The minimum atomic E-state index is -4.49.